The van der Waals surface area contributed by atoms with Crippen LogP contribution in [0.5, 0.6) is 11.8 Å². The number of imidazole rings is 1. The van der Waals surface area contributed by atoms with E-state index in [-0.39, 0.29) is 79.6 Å². The second-order valence-corrected chi connectivity index (χ2v) is 10.2. The number of aliphatic hydroxyl groups is 1. The minimum Gasteiger partial charge on any atom is -1.00 e. The molecule has 2 aliphatic rings. The van der Waals surface area contributed by atoms with E-state index < -0.39 is 23.8 Å². The molecule has 15 heteroatoms. The topological polar surface area (TPSA) is 108 Å². The van der Waals surface area contributed by atoms with E-state index in [1.54, 1.807) is 13.0 Å². The summed E-state index contributed by atoms with van der Waals surface area (Å²) in [6.07, 6.45) is 0.157. The minimum absolute atomic E-state index is 0. The van der Waals surface area contributed by atoms with E-state index in [0.717, 1.165) is 24.7 Å². The van der Waals surface area contributed by atoms with Gasteiger partial charge in [0.15, 0.2) is 11.5 Å². The number of rotatable bonds is 9. The molecule has 1 atom stereocenters. The Bertz CT molecular complexity index is 1610. The maximum absolute atomic E-state index is 15.2. The average Bonchev–Trinajstić information content (AvgIpc) is 3.89. The van der Waals surface area contributed by atoms with Crippen molar-refractivity contribution in [2.75, 3.05) is 7.11 Å². The van der Waals surface area contributed by atoms with Crippen LogP contribution in [0.3, 0.4) is 0 Å². The molecular formula is C28H26BF4N6NaO3. The summed E-state index contributed by atoms with van der Waals surface area (Å²) < 4.78 is 67.9. The van der Waals surface area contributed by atoms with Crippen LogP contribution in [-0.4, -0.2) is 50.1 Å². The third-order valence-corrected chi connectivity index (χ3v) is 7.00. The van der Waals surface area contributed by atoms with Crippen LogP contribution in [0.15, 0.2) is 36.8 Å². The second-order valence-electron chi connectivity index (χ2n) is 10.2. The fourth-order valence-corrected chi connectivity index (χ4v) is 4.60. The molecule has 0 amide bonds. The van der Waals surface area contributed by atoms with Crippen molar-refractivity contribution in [3.63, 3.8) is 0 Å². The summed E-state index contributed by atoms with van der Waals surface area (Å²) in [7, 11) is 1.48. The van der Waals surface area contributed by atoms with Gasteiger partial charge in [-0.15, -0.1) is 0 Å². The molecule has 1 aromatic carbocycles. The first kappa shape index (κ1) is 32.8. The van der Waals surface area contributed by atoms with E-state index in [1.165, 1.54) is 36.2 Å². The van der Waals surface area contributed by atoms with Crippen molar-refractivity contribution in [3.05, 3.63) is 65.3 Å². The summed E-state index contributed by atoms with van der Waals surface area (Å²) in [5.74, 6) is 0.104. The van der Waals surface area contributed by atoms with Crippen molar-refractivity contribution in [2.24, 2.45) is 0 Å². The molecule has 3 aromatic heterocycles. The minimum atomic E-state index is -4.63. The smallest absolute Gasteiger partial charge is 1.00 e. The molecule has 43 heavy (non-hydrogen) atoms. The predicted molar refractivity (Wildman–Crippen MR) is 143 cm³/mol. The fraction of sp³-hybridized carbons (Fsp3) is 0.393. The number of hydrogen-bond acceptors (Lipinski definition) is 8. The normalized spacial score (nSPS) is 15.3. The van der Waals surface area contributed by atoms with E-state index in [9.17, 15) is 18.3 Å². The molecule has 0 spiro atoms. The molecule has 0 bridgehead atoms. The van der Waals surface area contributed by atoms with Crippen molar-refractivity contribution in [1.29, 1.82) is 0 Å². The molecule has 0 saturated heterocycles. The Hall–Kier alpha value is -3.07. The number of halogens is 4. The SMILES string of the molecule is COc1ncnc(C2CC2)c1-c1nc(OCc2ccc(-c3nc(C(F)(F)F)cn3C3CC3)c(F)c2)cc(C(C)O)n1.[B-].[Na+]. The standard InChI is InChI=1S/C28H26F4N6O3.B.Na/c1-14(39)20-10-22(37-25(35-20)23-24(16-4-5-16)33-13-34-27(23)40-2)41-12-15-3-8-18(19(29)9-15)26-36-21(28(30,31)32)11-38(26)17-6-7-17;;/h3,8-11,13-14,16-17,39H,4-7,12H2,1-2H3;;/q;-1;+1. The Morgan fingerprint density at radius 3 is 2.42 bits per heavy atom. The van der Waals surface area contributed by atoms with Gasteiger partial charge in [0.25, 0.3) is 0 Å². The summed E-state index contributed by atoms with van der Waals surface area (Å²) in [6.45, 7) is 1.45. The number of aromatic nitrogens is 6. The van der Waals surface area contributed by atoms with E-state index in [0.29, 0.717) is 35.5 Å². The van der Waals surface area contributed by atoms with Crippen molar-refractivity contribution in [3.8, 4) is 34.5 Å². The van der Waals surface area contributed by atoms with Crippen LogP contribution in [0.4, 0.5) is 17.6 Å². The van der Waals surface area contributed by atoms with Crippen molar-refractivity contribution >= 4 is 8.41 Å². The van der Waals surface area contributed by atoms with Crippen LogP contribution < -0.4 is 39.0 Å². The average molecular weight is 604 g/mol. The zero-order valence-electron chi connectivity index (χ0n) is 23.8. The molecule has 2 fully saturated rings. The maximum Gasteiger partial charge on any atom is 1.00 e. The maximum atomic E-state index is 15.2. The number of hydrogen-bond donors (Lipinski definition) is 1. The van der Waals surface area contributed by atoms with Gasteiger partial charge in [-0.05, 0) is 50.3 Å². The van der Waals surface area contributed by atoms with Crippen LogP contribution in [0.2, 0.25) is 0 Å². The third kappa shape index (κ3) is 7.03. The quantitative estimate of drug-likeness (QED) is 0.230. The largest absolute Gasteiger partial charge is 1.00 e. The van der Waals surface area contributed by atoms with Crippen molar-refractivity contribution in [1.82, 2.24) is 29.5 Å². The van der Waals surface area contributed by atoms with Gasteiger partial charge >= 0.3 is 35.7 Å². The Morgan fingerprint density at radius 2 is 1.81 bits per heavy atom. The van der Waals surface area contributed by atoms with Crippen LogP contribution in [0.25, 0.3) is 22.8 Å². The number of nitrogens with zero attached hydrogens (tertiary/aromatic N) is 6. The molecule has 2 aliphatic carbocycles. The molecule has 6 rings (SSSR count). The molecule has 4 radical (unpaired) electrons. The Balaban J connectivity index is 0.00000212. The molecule has 1 N–H and O–H groups in total. The van der Waals surface area contributed by atoms with Crippen LogP contribution in [0.1, 0.15) is 73.3 Å². The van der Waals surface area contributed by atoms with E-state index in [2.05, 4.69) is 24.9 Å². The van der Waals surface area contributed by atoms with Gasteiger partial charge in [0, 0.05) is 24.2 Å². The molecular weight excluding hydrogens is 578 g/mol. The van der Waals surface area contributed by atoms with Crippen molar-refractivity contribution < 1.29 is 61.7 Å². The number of alkyl halides is 3. The van der Waals surface area contributed by atoms with Gasteiger partial charge in [-0.2, -0.15) is 18.2 Å². The van der Waals surface area contributed by atoms with Gasteiger partial charge in [-0.3, -0.25) is 0 Å². The zero-order valence-corrected chi connectivity index (χ0v) is 25.8. The summed E-state index contributed by atoms with van der Waals surface area (Å²) >= 11 is 0. The summed E-state index contributed by atoms with van der Waals surface area (Å²) in [5, 5.41) is 10.3. The molecule has 2 saturated carbocycles. The molecule has 9 nitrogen and oxygen atoms in total. The second kappa shape index (κ2) is 12.9. The van der Waals surface area contributed by atoms with E-state index >= 15 is 4.39 Å². The monoisotopic (exact) mass is 604 g/mol. The first-order chi connectivity index (χ1) is 19.6. The zero-order chi connectivity index (χ0) is 28.9. The first-order valence-corrected chi connectivity index (χ1v) is 13.2. The number of ether oxygens (including phenoxy) is 2. The van der Waals surface area contributed by atoms with E-state index in [4.69, 9.17) is 9.47 Å². The number of benzene rings is 1. The van der Waals surface area contributed by atoms with Gasteiger partial charge in [-0.25, -0.2) is 24.3 Å². The Labute approximate surface area is 269 Å². The van der Waals surface area contributed by atoms with Crippen molar-refractivity contribution in [2.45, 2.75) is 63.5 Å². The van der Waals surface area contributed by atoms with Gasteiger partial charge in [0.2, 0.25) is 11.8 Å². The summed E-state index contributed by atoms with van der Waals surface area (Å²) in [6, 6.07) is 5.52. The van der Waals surface area contributed by atoms with Gasteiger partial charge in [-0.1, -0.05) is 6.07 Å². The Morgan fingerprint density at radius 1 is 1.07 bits per heavy atom. The summed E-state index contributed by atoms with van der Waals surface area (Å²) in [5.41, 5.74) is 0.910. The van der Waals surface area contributed by atoms with Gasteiger partial charge in [0.1, 0.15) is 30.1 Å². The molecule has 4 aromatic rings. The van der Waals surface area contributed by atoms with Crippen LogP contribution in [-0.2, 0) is 12.8 Å². The van der Waals surface area contributed by atoms with Crippen LogP contribution in [0, 0.1) is 5.82 Å². The van der Waals surface area contributed by atoms with Gasteiger partial charge in [0.05, 0.1) is 30.2 Å². The molecule has 218 valence electrons. The summed E-state index contributed by atoms with van der Waals surface area (Å²) in [4.78, 5) is 21.3. The Kier molecular flexibility index (Phi) is 9.84. The molecule has 0 aliphatic heterocycles. The number of aliphatic hydroxyl groups excluding tert-OH is 1. The molecule has 3 heterocycles. The molecule has 1 unspecified atom stereocenters. The van der Waals surface area contributed by atoms with Gasteiger partial charge < -0.3 is 27.6 Å². The van der Waals surface area contributed by atoms with Crippen LogP contribution >= 0.6 is 0 Å². The fourth-order valence-electron chi connectivity index (χ4n) is 4.60. The number of methoxy groups -OCH3 is 1. The van der Waals surface area contributed by atoms with E-state index in [1.807, 2.05) is 0 Å². The predicted octanol–water partition coefficient (Wildman–Crippen LogP) is 2.43. The first-order valence-electron chi connectivity index (χ1n) is 13.2. The third-order valence-electron chi connectivity index (χ3n) is 7.00.